The lowest BCUT2D eigenvalue weighted by atomic mass is 9.98. The minimum Gasteiger partial charge on any atom is -0.416 e. The molecule has 2 aromatic carbocycles. The van der Waals surface area contributed by atoms with E-state index in [0.717, 1.165) is 5.56 Å². The second-order valence-electron chi connectivity index (χ2n) is 7.76. The van der Waals surface area contributed by atoms with Gasteiger partial charge in [-0.25, -0.2) is 8.42 Å². The predicted molar refractivity (Wildman–Crippen MR) is 125 cm³/mol. The summed E-state index contributed by atoms with van der Waals surface area (Å²) in [6.07, 6.45) is 1.24. The second kappa shape index (κ2) is 9.46. The highest BCUT2D eigenvalue weighted by Crippen LogP contribution is 2.32. The van der Waals surface area contributed by atoms with Gasteiger partial charge in [0.2, 0.25) is 15.9 Å². The van der Waals surface area contributed by atoms with Gasteiger partial charge in [-0.1, -0.05) is 49.0 Å². The molecule has 4 rings (SSSR count). The van der Waals surface area contributed by atoms with E-state index < -0.39 is 10.0 Å². The summed E-state index contributed by atoms with van der Waals surface area (Å²) in [6.45, 7) is 4.16. The van der Waals surface area contributed by atoms with E-state index in [0.29, 0.717) is 41.8 Å². The van der Waals surface area contributed by atoms with Crippen LogP contribution < -0.4 is 4.31 Å². The minimum atomic E-state index is -3.30. The number of anilines is 1. The Morgan fingerprint density at radius 2 is 1.97 bits per heavy atom. The SMILES string of the molecule is CCS(=O)(=O)N1CCc2cc(C(=O)CSc3nnc(CC(C)c4ccccc4)o3)ccc21. The van der Waals surface area contributed by atoms with Crippen molar-refractivity contribution in [2.45, 2.75) is 37.8 Å². The fourth-order valence-electron chi connectivity index (χ4n) is 3.74. The summed E-state index contributed by atoms with van der Waals surface area (Å²) in [4.78, 5) is 12.7. The van der Waals surface area contributed by atoms with Crippen molar-refractivity contribution in [2.24, 2.45) is 0 Å². The van der Waals surface area contributed by atoms with Gasteiger partial charge >= 0.3 is 0 Å². The molecule has 2 heterocycles. The number of thioether (sulfide) groups is 1. The molecule has 1 aliphatic rings. The van der Waals surface area contributed by atoms with Gasteiger partial charge < -0.3 is 4.42 Å². The van der Waals surface area contributed by atoms with Crippen LogP contribution >= 0.6 is 11.8 Å². The number of ketones is 1. The third-order valence-electron chi connectivity index (χ3n) is 5.58. The fourth-order valence-corrected chi connectivity index (χ4v) is 5.57. The van der Waals surface area contributed by atoms with E-state index in [-0.39, 0.29) is 23.2 Å². The van der Waals surface area contributed by atoms with E-state index in [1.165, 1.54) is 21.6 Å². The average Bonchev–Trinajstić information content (AvgIpc) is 3.44. The number of hydrogen-bond donors (Lipinski definition) is 0. The molecule has 0 N–H and O–H groups in total. The number of benzene rings is 2. The zero-order chi connectivity index (χ0) is 22.7. The molecule has 1 aromatic heterocycles. The summed E-state index contributed by atoms with van der Waals surface area (Å²) in [6, 6.07) is 15.3. The lowest BCUT2D eigenvalue weighted by Crippen LogP contribution is -2.30. The van der Waals surface area contributed by atoms with Crippen molar-refractivity contribution in [3.63, 3.8) is 0 Å². The van der Waals surface area contributed by atoms with Crippen LogP contribution in [0.3, 0.4) is 0 Å². The monoisotopic (exact) mass is 471 g/mol. The molecule has 0 bridgehead atoms. The molecule has 0 aliphatic carbocycles. The van der Waals surface area contributed by atoms with Gasteiger partial charge in [0.05, 0.1) is 17.2 Å². The van der Waals surface area contributed by atoms with Gasteiger partial charge in [0.15, 0.2) is 5.78 Å². The molecule has 7 nitrogen and oxygen atoms in total. The maximum Gasteiger partial charge on any atom is 0.277 e. The third kappa shape index (κ3) is 4.88. The van der Waals surface area contributed by atoms with E-state index >= 15 is 0 Å². The quantitative estimate of drug-likeness (QED) is 0.342. The number of Topliss-reactive ketones (excluding diaryl/α,β-unsaturated/α-hetero) is 1. The number of fused-ring (bicyclic) bond motifs is 1. The molecular formula is C23H25N3O4S2. The molecule has 0 saturated heterocycles. The van der Waals surface area contributed by atoms with Crippen molar-refractivity contribution in [3.8, 4) is 0 Å². The lowest BCUT2D eigenvalue weighted by Gasteiger charge is -2.18. The molecule has 0 radical (unpaired) electrons. The van der Waals surface area contributed by atoms with Crippen molar-refractivity contribution in [1.82, 2.24) is 10.2 Å². The van der Waals surface area contributed by atoms with E-state index in [1.54, 1.807) is 25.1 Å². The summed E-state index contributed by atoms with van der Waals surface area (Å²) in [5.74, 6) is 0.961. The minimum absolute atomic E-state index is 0.0556. The van der Waals surface area contributed by atoms with Gasteiger partial charge in [-0.05, 0) is 48.6 Å². The molecular weight excluding hydrogens is 446 g/mol. The van der Waals surface area contributed by atoms with Crippen molar-refractivity contribution in [2.75, 3.05) is 22.4 Å². The van der Waals surface area contributed by atoms with Crippen LogP contribution in [0, 0.1) is 0 Å². The van der Waals surface area contributed by atoms with Gasteiger partial charge in [0, 0.05) is 18.5 Å². The number of carbonyl (C=O) groups is 1. The Morgan fingerprint density at radius 1 is 1.19 bits per heavy atom. The standard InChI is InChI=1S/C23H25N3O4S2/c1-3-32(28,29)26-12-11-18-14-19(9-10-20(18)26)21(27)15-31-23-25-24-22(30-23)13-16(2)17-7-5-4-6-8-17/h4-10,14,16H,3,11-13,15H2,1-2H3. The molecule has 168 valence electrons. The highest BCUT2D eigenvalue weighted by Gasteiger charge is 2.28. The molecule has 0 fully saturated rings. The van der Waals surface area contributed by atoms with Crippen LogP contribution in [0.4, 0.5) is 5.69 Å². The Kier molecular flexibility index (Phi) is 6.66. The van der Waals surface area contributed by atoms with Crippen LogP contribution in [0.2, 0.25) is 0 Å². The Morgan fingerprint density at radius 3 is 2.72 bits per heavy atom. The maximum atomic E-state index is 12.7. The van der Waals surface area contributed by atoms with Crippen LogP contribution in [0.15, 0.2) is 58.2 Å². The number of nitrogens with zero attached hydrogens (tertiary/aromatic N) is 3. The molecule has 1 atom stereocenters. The first-order valence-corrected chi connectivity index (χ1v) is 13.1. The van der Waals surface area contributed by atoms with Crippen molar-refractivity contribution >= 4 is 33.3 Å². The Bertz CT molecular complexity index is 1210. The summed E-state index contributed by atoms with van der Waals surface area (Å²) < 4.78 is 31.6. The van der Waals surface area contributed by atoms with E-state index in [9.17, 15) is 13.2 Å². The van der Waals surface area contributed by atoms with Gasteiger partial charge in [0.25, 0.3) is 5.22 Å². The number of rotatable bonds is 9. The van der Waals surface area contributed by atoms with Gasteiger partial charge in [-0.3, -0.25) is 9.10 Å². The second-order valence-corrected chi connectivity index (χ2v) is 10.9. The Balaban J connectivity index is 1.36. The first-order chi connectivity index (χ1) is 15.4. The number of carbonyl (C=O) groups excluding carboxylic acids is 1. The number of sulfonamides is 1. The average molecular weight is 472 g/mol. The smallest absolute Gasteiger partial charge is 0.277 e. The Hall–Kier alpha value is -2.65. The van der Waals surface area contributed by atoms with Gasteiger partial charge in [-0.2, -0.15) is 0 Å². The molecule has 32 heavy (non-hydrogen) atoms. The number of hydrogen-bond acceptors (Lipinski definition) is 7. The Labute approximate surface area is 192 Å². The van der Waals surface area contributed by atoms with Crippen molar-refractivity contribution in [1.29, 1.82) is 0 Å². The van der Waals surface area contributed by atoms with Crippen LogP contribution in [-0.2, 0) is 22.9 Å². The van der Waals surface area contributed by atoms with Crippen LogP contribution in [0.25, 0.3) is 0 Å². The molecule has 0 amide bonds. The van der Waals surface area contributed by atoms with E-state index in [2.05, 4.69) is 29.3 Å². The first-order valence-electron chi connectivity index (χ1n) is 10.5. The fraction of sp³-hybridized carbons (Fsp3) is 0.348. The van der Waals surface area contributed by atoms with E-state index in [1.807, 2.05) is 18.2 Å². The number of aromatic nitrogens is 2. The summed E-state index contributed by atoms with van der Waals surface area (Å²) in [5.41, 5.74) is 3.32. The molecule has 1 unspecified atom stereocenters. The topological polar surface area (TPSA) is 93.4 Å². The molecule has 0 spiro atoms. The van der Waals surface area contributed by atoms with E-state index in [4.69, 9.17) is 4.42 Å². The zero-order valence-corrected chi connectivity index (χ0v) is 19.7. The van der Waals surface area contributed by atoms with Crippen LogP contribution in [0.1, 0.15) is 47.1 Å². The highest BCUT2D eigenvalue weighted by molar-refractivity contribution is 7.99. The summed E-state index contributed by atoms with van der Waals surface area (Å²) >= 11 is 1.21. The van der Waals surface area contributed by atoms with Crippen LogP contribution in [-0.4, -0.2) is 42.4 Å². The van der Waals surface area contributed by atoms with Crippen LogP contribution in [0.5, 0.6) is 0 Å². The summed E-state index contributed by atoms with van der Waals surface area (Å²) in [5, 5.41) is 8.53. The largest absolute Gasteiger partial charge is 0.416 e. The van der Waals surface area contributed by atoms with Gasteiger partial charge in [-0.15, -0.1) is 10.2 Å². The zero-order valence-electron chi connectivity index (χ0n) is 18.0. The van der Waals surface area contributed by atoms with Gasteiger partial charge in [0.1, 0.15) is 0 Å². The molecule has 3 aromatic rings. The molecule has 1 aliphatic heterocycles. The molecule has 9 heteroatoms. The first kappa shape index (κ1) is 22.5. The molecule has 0 saturated carbocycles. The maximum absolute atomic E-state index is 12.7. The van der Waals surface area contributed by atoms with Crippen molar-refractivity contribution < 1.29 is 17.6 Å². The third-order valence-corrected chi connectivity index (χ3v) is 8.18. The predicted octanol–water partition coefficient (Wildman–Crippen LogP) is 4.10. The lowest BCUT2D eigenvalue weighted by molar-refractivity contribution is 0.102. The summed E-state index contributed by atoms with van der Waals surface area (Å²) in [7, 11) is -3.30. The van der Waals surface area contributed by atoms with Crippen molar-refractivity contribution in [3.05, 3.63) is 71.1 Å². The normalized spacial score (nSPS) is 14.4. The highest BCUT2D eigenvalue weighted by atomic mass is 32.2.